The molecule has 2 saturated heterocycles. The first-order chi connectivity index (χ1) is 22.0. The van der Waals surface area contributed by atoms with Crippen molar-refractivity contribution in [2.75, 3.05) is 19.6 Å². The van der Waals surface area contributed by atoms with Crippen molar-refractivity contribution >= 4 is 52.5 Å². The minimum absolute atomic E-state index is 0.0940. The minimum atomic E-state index is -1.45. The number of carbonyl (C=O) groups excluding carboxylic acids is 4. The Balaban J connectivity index is 1.48. The number of nitrogens with zero attached hydrogens (tertiary/aromatic N) is 2. The maximum Gasteiger partial charge on any atom is 0.260 e. The summed E-state index contributed by atoms with van der Waals surface area (Å²) in [6.07, 6.45) is 2.51. The quantitative estimate of drug-likeness (QED) is 0.269. The molecule has 2 N–H and O–H groups in total. The van der Waals surface area contributed by atoms with Crippen LogP contribution in [0.2, 0.25) is 10.0 Å². The van der Waals surface area contributed by atoms with E-state index in [1.807, 2.05) is 12.1 Å². The van der Waals surface area contributed by atoms with Crippen LogP contribution in [0.25, 0.3) is 0 Å². The van der Waals surface area contributed by atoms with Gasteiger partial charge in [-0.25, -0.2) is 0 Å². The Hall–Kier alpha value is -4.34. The largest absolute Gasteiger partial charge is 0.508 e. The predicted molar refractivity (Wildman–Crippen MR) is 171 cm³/mol. The predicted octanol–water partition coefficient (Wildman–Crippen LogP) is 5.63. The van der Waals surface area contributed by atoms with Gasteiger partial charge >= 0.3 is 0 Å². The average molecular weight is 661 g/mol. The van der Waals surface area contributed by atoms with Gasteiger partial charge in [0.1, 0.15) is 11.5 Å². The molecule has 2 aliphatic carbocycles. The molecule has 11 heteroatoms. The molecule has 0 bridgehead atoms. The highest BCUT2D eigenvalue weighted by molar-refractivity contribution is 6.36. The number of fused-ring (bicyclic) bond motifs is 4. The third kappa shape index (κ3) is 4.21. The number of anilines is 1. The molecule has 3 aromatic rings. The number of halogens is 2. The normalized spacial score (nSPS) is 28.5. The van der Waals surface area contributed by atoms with Crippen LogP contribution in [-0.2, 0) is 24.6 Å². The van der Waals surface area contributed by atoms with E-state index >= 15 is 4.79 Å². The molecule has 7 rings (SSSR count). The standard InChI is InChI=1S/C35H31Cl2N3O6/c1-17-14-18(4-13-28(17)41)30-22-10-11-23-29(33(44)39(2)31(23)42)24(22)16-25-32(43)40(38-27-12-7-20(36)15-26(27)37)34(45)35(25,30)19-5-8-21(46-3)9-6-19/h4-10,12-15,23-25,29-30,38,41H,11,16H2,1-3H3/t23-,24+,25-,29-,30-,35+/m0/s1. The zero-order valence-corrected chi connectivity index (χ0v) is 26.8. The van der Waals surface area contributed by atoms with Crippen LogP contribution in [-0.4, -0.2) is 52.8 Å². The number of aryl methyl sites for hydroxylation is 1. The smallest absolute Gasteiger partial charge is 0.260 e. The topological polar surface area (TPSA) is 116 Å². The van der Waals surface area contributed by atoms with Gasteiger partial charge in [0.05, 0.1) is 41.0 Å². The van der Waals surface area contributed by atoms with E-state index in [1.54, 1.807) is 62.6 Å². The van der Waals surface area contributed by atoms with Gasteiger partial charge in [0.25, 0.3) is 11.8 Å². The number of carbonyl (C=O) groups is 4. The summed E-state index contributed by atoms with van der Waals surface area (Å²) in [5, 5.41) is 12.1. The van der Waals surface area contributed by atoms with Crippen molar-refractivity contribution in [2.24, 2.45) is 23.7 Å². The van der Waals surface area contributed by atoms with E-state index in [9.17, 15) is 19.5 Å². The van der Waals surface area contributed by atoms with E-state index in [0.29, 0.717) is 39.6 Å². The maximum atomic E-state index is 15.2. The summed E-state index contributed by atoms with van der Waals surface area (Å²) in [6, 6.07) is 17.0. The fourth-order valence-corrected chi connectivity index (χ4v) is 8.68. The molecule has 1 saturated carbocycles. The number of methoxy groups -OCH3 is 1. The number of likely N-dealkylation sites (tertiary alicyclic amines) is 1. The fourth-order valence-electron chi connectivity index (χ4n) is 8.23. The number of phenols is 1. The molecular weight excluding hydrogens is 629 g/mol. The lowest BCUT2D eigenvalue weighted by Gasteiger charge is -2.50. The third-order valence-corrected chi connectivity index (χ3v) is 10.9. The Labute approximate surface area is 275 Å². The second kappa shape index (κ2) is 10.9. The Kier molecular flexibility index (Phi) is 7.17. The van der Waals surface area contributed by atoms with Gasteiger partial charge < -0.3 is 9.84 Å². The number of hydrazine groups is 1. The van der Waals surface area contributed by atoms with Gasteiger partial charge in [-0.05, 0) is 78.8 Å². The second-order valence-corrected chi connectivity index (χ2v) is 13.3. The highest BCUT2D eigenvalue weighted by Gasteiger charge is 2.70. The monoisotopic (exact) mass is 659 g/mol. The molecule has 3 fully saturated rings. The first-order valence-electron chi connectivity index (χ1n) is 15.0. The number of hydrogen-bond donors (Lipinski definition) is 2. The Morgan fingerprint density at radius 2 is 1.67 bits per heavy atom. The number of allylic oxidation sites excluding steroid dienone is 2. The van der Waals surface area contributed by atoms with Crippen LogP contribution < -0.4 is 10.2 Å². The Morgan fingerprint density at radius 1 is 0.935 bits per heavy atom. The van der Waals surface area contributed by atoms with Crippen LogP contribution >= 0.6 is 23.2 Å². The number of benzene rings is 3. The number of amides is 4. The maximum absolute atomic E-state index is 15.2. The van der Waals surface area contributed by atoms with E-state index in [4.69, 9.17) is 27.9 Å². The lowest BCUT2D eigenvalue weighted by molar-refractivity contribution is -0.140. The summed E-state index contributed by atoms with van der Waals surface area (Å²) in [7, 11) is 3.05. The molecule has 2 aliphatic heterocycles. The van der Waals surface area contributed by atoms with Crippen molar-refractivity contribution < 1.29 is 29.0 Å². The number of aromatic hydroxyl groups is 1. The van der Waals surface area contributed by atoms with E-state index < -0.39 is 46.8 Å². The van der Waals surface area contributed by atoms with Gasteiger partial charge in [-0.2, -0.15) is 5.01 Å². The van der Waals surface area contributed by atoms with E-state index in [-0.39, 0.29) is 29.0 Å². The van der Waals surface area contributed by atoms with Gasteiger partial charge in [0.15, 0.2) is 0 Å². The first kappa shape index (κ1) is 30.3. The molecular formula is C35H31Cl2N3O6. The summed E-state index contributed by atoms with van der Waals surface area (Å²) < 4.78 is 5.43. The van der Waals surface area contributed by atoms with Crippen LogP contribution in [0, 0.1) is 30.6 Å². The van der Waals surface area contributed by atoms with Crippen molar-refractivity contribution in [3.63, 3.8) is 0 Å². The first-order valence-corrected chi connectivity index (χ1v) is 15.8. The summed E-state index contributed by atoms with van der Waals surface area (Å²) >= 11 is 12.6. The van der Waals surface area contributed by atoms with Gasteiger partial charge in [-0.1, -0.05) is 59.1 Å². The number of nitrogens with one attached hydrogen (secondary N) is 1. The summed E-state index contributed by atoms with van der Waals surface area (Å²) in [6.45, 7) is 1.77. The molecule has 46 heavy (non-hydrogen) atoms. The molecule has 9 nitrogen and oxygen atoms in total. The zero-order valence-electron chi connectivity index (χ0n) is 25.3. The second-order valence-electron chi connectivity index (χ2n) is 12.5. The van der Waals surface area contributed by atoms with Crippen molar-refractivity contribution in [1.29, 1.82) is 0 Å². The van der Waals surface area contributed by atoms with Crippen LogP contribution in [0.4, 0.5) is 5.69 Å². The van der Waals surface area contributed by atoms with Gasteiger partial charge in [0.2, 0.25) is 11.8 Å². The van der Waals surface area contributed by atoms with Crippen LogP contribution in [0.5, 0.6) is 11.5 Å². The fraction of sp³-hybridized carbons (Fsp3) is 0.314. The number of hydrogen-bond acceptors (Lipinski definition) is 7. The molecule has 0 aromatic heterocycles. The average Bonchev–Trinajstić information content (AvgIpc) is 3.40. The van der Waals surface area contributed by atoms with Crippen molar-refractivity contribution in [3.05, 3.63) is 99.0 Å². The number of phenolic OH excluding ortho intramolecular Hbond substituents is 1. The lowest BCUT2D eigenvalue weighted by atomic mass is 9.49. The van der Waals surface area contributed by atoms with Crippen molar-refractivity contribution in [2.45, 2.75) is 31.1 Å². The molecule has 3 aromatic carbocycles. The van der Waals surface area contributed by atoms with Crippen LogP contribution in [0.15, 0.2) is 72.3 Å². The molecule has 4 amide bonds. The SMILES string of the molecule is COc1ccc([C@@]23C(=O)N(Nc4ccc(Cl)cc4Cl)C(=O)[C@@H]2C[C@@H]2C(=CC[C@@H]4C(=O)N(C)C(=O)[C@@H]42)[C@@H]3c2ccc(O)c(C)c2)cc1. The van der Waals surface area contributed by atoms with Gasteiger partial charge in [-0.3, -0.25) is 29.5 Å². The van der Waals surface area contributed by atoms with Crippen LogP contribution in [0.1, 0.15) is 35.4 Å². The number of rotatable bonds is 5. The van der Waals surface area contributed by atoms with Gasteiger partial charge in [0, 0.05) is 18.0 Å². The van der Waals surface area contributed by atoms with E-state index in [2.05, 4.69) is 5.43 Å². The molecule has 2 heterocycles. The highest BCUT2D eigenvalue weighted by atomic mass is 35.5. The summed E-state index contributed by atoms with van der Waals surface area (Å²) in [5.41, 5.74) is 4.60. The van der Waals surface area contributed by atoms with E-state index in [1.165, 1.54) is 18.0 Å². The van der Waals surface area contributed by atoms with Crippen molar-refractivity contribution in [1.82, 2.24) is 9.91 Å². The van der Waals surface area contributed by atoms with Gasteiger partial charge in [-0.15, -0.1) is 0 Å². The lowest BCUT2D eigenvalue weighted by Crippen LogP contribution is -2.53. The Morgan fingerprint density at radius 3 is 2.35 bits per heavy atom. The molecule has 0 spiro atoms. The third-order valence-electron chi connectivity index (χ3n) is 10.4. The highest BCUT2D eigenvalue weighted by Crippen LogP contribution is 2.64. The van der Waals surface area contributed by atoms with Crippen LogP contribution in [0.3, 0.4) is 0 Å². The Bertz CT molecular complexity index is 1860. The zero-order chi connectivity index (χ0) is 32.7. The van der Waals surface area contributed by atoms with E-state index in [0.717, 1.165) is 10.6 Å². The number of imide groups is 2. The molecule has 0 radical (unpaired) electrons. The van der Waals surface area contributed by atoms with Crippen molar-refractivity contribution in [3.8, 4) is 11.5 Å². The minimum Gasteiger partial charge on any atom is -0.508 e. The molecule has 236 valence electrons. The summed E-state index contributed by atoms with van der Waals surface area (Å²) in [4.78, 5) is 57.7. The molecule has 4 aliphatic rings. The molecule has 0 unspecified atom stereocenters. The molecule has 6 atom stereocenters. The summed E-state index contributed by atoms with van der Waals surface area (Å²) in [5.74, 6) is -4.06. The number of ether oxygens (including phenoxy) is 1.